The molecule has 0 fully saturated rings. The number of phenolic OH excluding ortho intramolecular Hbond substituents is 3. The minimum absolute atomic E-state index is 0.0195. The van der Waals surface area contributed by atoms with Gasteiger partial charge in [-0.05, 0) is 41.3 Å². The van der Waals surface area contributed by atoms with Crippen molar-refractivity contribution >= 4 is 0 Å². The summed E-state index contributed by atoms with van der Waals surface area (Å²) < 4.78 is 10.6. The van der Waals surface area contributed by atoms with Crippen LogP contribution in [0.5, 0.6) is 23.0 Å². The third-order valence-corrected chi connectivity index (χ3v) is 3.71. The van der Waals surface area contributed by atoms with Crippen molar-refractivity contribution in [2.45, 2.75) is 13.0 Å². The highest BCUT2D eigenvalue weighted by atomic mass is 16.5. The molecule has 0 atom stereocenters. The van der Waals surface area contributed by atoms with E-state index in [-0.39, 0.29) is 17.2 Å². The second-order valence-corrected chi connectivity index (χ2v) is 4.95. The van der Waals surface area contributed by atoms with Crippen LogP contribution in [0.1, 0.15) is 11.1 Å². The molecule has 1 heterocycles. The Bertz CT molecular complexity index is 694. The lowest BCUT2D eigenvalue weighted by molar-refractivity contribution is 0.111. The lowest BCUT2D eigenvalue weighted by Crippen LogP contribution is -2.11. The Kier molecular flexibility index (Phi) is 3.35. The van der Waals surface area contributed by atoms with Gasteiger partial charge in [-0.1, -0.05) is 6.07 Å². The fourth-order valence-electron chi connectivity index (χ4n) is 2.64. The van der Waals surface area contributed by atoms with E-state index in [2.05, 4.69) is 0 Å². The molecular formula is C16H16O5. The molecule has 0 aliphatic carbocycles. The Morgan fingerprint density at radius 2 is 1.90 bits per heavy atom. The summed E-state index contributed by atoms with van der Waals surface area (Å²) in [6.45, 7) is 0.969. The predicted molar refractivity (Wildman–Crippen MR) is 76.8 cm³/mol. The molecule has 0 aromatic heterocycles. The number of fused-ring (bicyclic) bond motifs is 1. The largest absolute Gasteiger partial charge is 0.504 e. The maximum atomic E-state index is 10.2. The first kappa shape index (κ1) is 13.6. The number of ether oxygens (including phenoxy) is 2. The Morgan fingerprint density at radius 3 is 2.67 bits per heavy atom. The average Bonchev–Trinajstić information content (AvgIpc) is 2.49. The summed E-state index contributed by atoms with van der Waals surface area (Å²) in [6.07, 6.45) is 0.686. The van der Waals surface area contributed by atoms with Crippen LogP contribution in [-0.4, -0.2) is 29.0 Å². The van der Waals surface area contributed by atoms with Gasteiger partial charge in [0.1, 0.15) is 0 Å². The SMILES string of the molecule is COc1cc(-c2c(O)c(O)cc3c2COCC3)ccc1O. The topological polar surface area (TPSA) is 79.2 Å². The Balaban J connectivity index is 2.24. The maximum absolute atomic E-state index is 10.2. The standard InChI is InChI=1S/C16H16O5/c1-20-14-7-10(2-3-12(14)17)15-11-8-21-5-4-9(11)6-13(18)16(15)19/h2-3,6-7,17-19H,4-5,8H2,1H3. The number of hydrogen-bond donors (Lipinski definition) is 3. The fraction of sp³-hybridized carbons (Fsp3) is 0.250. The third kappa shape index (κ3) is 2.25. The van der Waals surface area contributed by atoms with Crippen molar-refractivity contribution in [3.63, 3.8) is 0 Å². The first-order chi connectivity index (χ1) is 10.1. The number of hydrogen-bond acceptors (Lipinski definition) is 5. The van der Waals surface area contributed by atoms with Crippen LogP contribution >= 0.6 is 0 Å². The molecule has 21 heavy (non-hydrogen) atoms. The Hall–Kier alpha value is -2.40. The lowest BCUT2D eigenvalue weighted by atomic mass is 9.91. The molecule has 5 heteroatoms. The summed E-state index contributed by atoms with van der Waals surface area (Å²) >= 11 is 0. The van der Waals surface area contributed by atoms with Crippen LogP contribution in [0.15, 0.2) is 24.3 Å². The molecule has 1 aliphatic heterocycles. The van der Waals surface area contributed by atoms with Gasteiger partial charge in [0.05, 0.1) is 20.3 Å². The summed E-state index contributed by atoms with van der Waals surface area (Å²) in [5.41, 5.74) is 2.98. The molecule has 0 saturated heterocycles. The highest BCUT2D eigenvalue weighted by molar-refractivity contribution is 5.79. The van der Waals surface area contributed by atoms with Crippen LogP contribution in [0.4, 0.5) is 0 Å². The van der Waals surface area contributed by atoms with Crippen LogP contribution in [0.2, 0.25) is 0 Å². The summed E-state index contributed by atoms with van der Waals surface area (Å²) in [7, 11) is 1.46. The summed E-state index contributed by atoms with van der Waals surface area (Å²) in [5, 5.41) is 29.8. The van der Waals surface area contributed by atoms with Crippen molar-refractivity contribution in [1.82, 2.24) is 0 Å². The zero-order valence-electron chi connectivity index (χ0n) is 11.6. The first-order valence-corrected chi connectivity index (χ1v) is 6.63. The van der Waals surface area contributed by atoms with E-state index in [1.165, 1.54) is 13.2 Å². The van der Waals surface area contributed by atoms with E-state index in [0.29, 0.717) is 36.5 Å². The minimum Gasteiger partial charge on any atom is -0.504 e. The quantitative estimate of drug-likeness (QED) is 0.740. The third-order valence-electron chi connectivity index (χ3n) is 3.71. The van der Waals surface area contributed by atoms with E-state index >= 15 is 0 Å². The molecule has 0 unspecified atom stereocenters. The fourth-order valence-corrected chi connectivity index (χ4v) is 2.64. The van der Waals surface area contributed by atoms with E-state index in [1.54, 1.807) is 18.2 Å². The van der Waals surface area contributed by atoms with Gasteiger partial charge in [0.25, 0.3) is 0 Å². The predicted octanol–water partition coefficient (Wildman–Crippen LogP) is 2.55. The molecule has 0 bridgehead atoms. The van der Waals surface area contributed by atoms with Gasteiger partial charge in [0.15, 0.2) is 23.0 Å². The lowest BCUT2D eigenvalue weighted by Gasteiger charge is -2.22. The number of rotatable bonds is 2. The van der Waals surface area contributed by atoms with Crippen LogP contribution in [-0.2, 0) is 17.8 Å². The minimum atomic E-state index is -0.188. The second kappa shape index (κ2) is 5.18. The maximum Gasteiger partial charge on any atom is 0.165 e. The van der Waals surface area contributed by atoms with E-state index in [9.17, 15) is 15.3 Å². The van der Waals surface area contributed by atoms with Crippen molar-refractivity contribution < 1.29 is 24.8 Å². The molecule has 0 saturated carbocycles. The van der Waals surface area contributed by atoms with Crippen LogP contribution in [0.3, 0.4) is 0 Å². The molecule has 1 aliphatic rings. The van der Waals surface area contributed by atoms with E-state index in [4.69, 9.17) is 9.47 Å². The summed E-state index contributed by atoms with van der Waals surface area (Å²) in [4.78, 5) is 0. The zero-order valence-corrected chi connectivity index (χ0v) is 11.6. The van der Waals surface area contributed by atoms with Crippen molar-refractivity contribution in [2.24, 2.45) is 0 Å². The molecule has 0 amide bonds. The summed E-state index contributed by atoms with van der Waals surface area (Å²) in [6, 6.07) is 6.36. The molecule has 3 rings (SSSR count). The van der Waals surface area contributed by atoms with Gasteiger partial charge in [-0.25, -0.2) is 0 Å². The monoisotopic (exact) mass is 288 g/mol. The molecule has 2 aromatic rings. The molecule has 110 valence electrons. The van der Waals surface area contributed by atoms with E-state index in [1.807, 2.05) is 0 Å². The smallest absolute Gasteiger partial charge is 0.165 e. The van der Waals surface area contributed by atoms with Crippen molar-refractivity contribution in [2.75, 3.05) is 13.7 Å². The number of aromatic hydroxyl groups is 3. The van der Waals surface area contributed by atoms with Crippen LogP contribution in [0, 0.1) is 0 Å². The first-order valence-electron chi connectivity index (χ1n) is 6.63. The van der Waals surface area contributed by atoms with Gasteiger partial charge in [0, 0.05) is 5.56 Å². The molecular weight excluding hydrogens is 272 g/mol. The average molecular weight is 288 g/mol. The Labute approximate surface area is 122 Å². The van der Waals surface area contributed by atoms with E-state index < -0.39 is 0 Å². The molecule has 2 aromatic carbocycles. The van der Waals surface area contributed by atoms with Crippen molar-refractivity contribution in [3.05, 3.63) is 35.4 Å². The highest BCUT2D eigenvalue weighted by Gasteiger charge is 2.22. The van der Waals surface area contributed by atoms with Crippen LogP contribution in [0.25, 0.3) is 11.1 Å². The molecule has 3 N–H and O–H groups in total. The van der Waals surface area contributed by atoms with Gasteiger partial charge in [-0.2, -0.15) is 0 Å². The molecule has 0 radical (unpaired) electrons. The van der Waals surface area contributed by atoms with Crippen molar-refractivity contribution in [3.8, 4) is 34.1 Å². The van der Waals surface area contributed by atoms with Gasteiger partial charge in [-0.3, -0.25) is 0 Å². The highest BCUT2D eigenvalue weighted by Crippen LogP contribution is 2.44. The van der Waals surface area contributed by atoms with Gasteiger partial charge in [-0.15, -0.1) is 0 Å². The van der Waals surface area contributed by atoms with Gasteiger partial charge < -0.3 is 24.8 Å². The van der Waals surface area contributed by atoms with Gasteiger partial charge in [0.2, 0.25) is 0 Å². The normalized spacial score (nSPS) is 13.8. The number of phenols is 3. The molecule has 5 nitrogen and oxygen atoms in total. The van der Waals surface area contributed by atoms with Crippen LogP contribution < -0.4 is 4.74 Å². The molecule has 0 spiro atoms. The number of methoxy groups -OCH3 is 1. The van der Waals surface area contributed by atoms with Crippen molar-refractivity contribution in [1.29, 1.82) is 0 Å². The summed E-state index contributed by atoms with van der Waals surface area (Å²) in [5.74, 6) is -0.0172. The van der Waals surface area contributed by atoms with E-state index in [0.717, 1.165) is 11.1 Å². The zero-order chi connectivity index (χ0) is 15.0. The van der Waals surface area contributed by atoms with Gasteiger partial charge >= 0.3 is 0 Å². The number of benzene rings is 2. The second-order valence-electron chi connectivity index (χ2n) is 4.95. The Morgan fingerprint density at radius 1 is 1.10 bits per heavy atom.